The van der Waals surface area contributed by atoms with Crippen LogP contribution in [0.15, 0.2) is 24.3 Å². The summed E-state index contributed by atoms with van der Waals surface area (Å²) >= 11 is 0. The number of nitrogens with one attached hydrogen (secondary N) is 1. The predicted molar refractivity (Wildman–Crippen MR) is 69.2 cm³/mol. The van der Waals surface area contributed by atoms with Crippen molar-refractivity contribution in [2.45, 2.75) is 6.92 Å². The molecule has 0 heterocycles. The van der Waals surface area contributed by atoms with Crippen LogP contribution in [0.2, 0.25) is 0 Å². The fraction of sp³-hybridized carbons (Fsp3) is 0.250. The van der Waals surface area contributed by atoms with E-state index in [0.29, 0.717) is 29.2 Å². The van der Waals surface area contributed by atoms with Gasteiger partial charge in [-0.25, -0.2) is 0 Å². The van der Waals surface area contributed by atoms with Gasteiger partial charge in [0.15, 0.2) is 0 Å². The first-order chi connectivity index (χ1) is 8.10. The van der Waals surface area contributed by atoms with Crippen LogP contribution in [-0.2, 0) is 0 Å². The van der Waals surface area contributed by atoms with Crippen molar-refractivity contribution in [3.63, 3.8) is 0 Å². The molecule has 0 saturated carbocycles. The maximum atomic E-state index is 11.1. The molecule has 0 aromatic heterocycles. The van der Waals surface area contributed by atoms with Crippen LogP contribution in [0.3, 0.4) is 0 Å². The van der Waals surface area contributed by atoms with Crippen LogP contribution in [0.25, 0.3) is 0 Å². The number of carbonyl (C=O) groups excluding carboxylic acids is 1. The lowest BCUT2D eigenvalue weighted by molar-refractivity contribution is 0.1000. The summed E-state index contributed by atoms with van der Waals surface area (Å²) in [5.74, 6) is -0.0293. The Morgan fingerprint density at radius 2 is 2.24 bits per heavy atom. The van der Waals surface area contributed by atoms with E-state index in [-0.39, 0.29) is 0 Å². The minimum absolute atomic E-state index is 0.330. The summed E-state index contributed by atoms with van der Waals surface area (Å²) in [6.45, 7) is 2.56. The molecule has 0 bridgehead atoms. The summed E-state index contributed by atoms with van der Waals surface area (Å²) in [5.41, 5.74) is 12.5. The zero-order valence-corrected chi connectivity index (χ0v) is 9.99. The van der Waals surface area contributed by atoms with E-state index < -0.39 is 5.91 Å². The second-order valence-corrected chi connectivity index (χ2v) is 3.46. The van der Waals surface area contributed by atoms with Crippen LogP contribution < -0.4 is 21.5 Å². The van der Waals surface area contributed by atoms with Crippen LogP contribution in [0, 0.1) is 0 Å². The highest BCUT2D eigenvalue weighted by molar-refractivity contribution is 5.96. The van der Waals surface area contributed by atoms with Gasteiger partial charge < -0.3 is 21.5 Å². The molecule has 1 amide bonds. The van der Waals surface area contributed by atoms with Crippen molar-refractivity contribution < 1.29 is 9.53 Å². The molecule has 5 heteroatoms. The van der Waals surface area contributed by atoms with Gasteiger partial charge in [0.2, 0.25) is 5.91 Å². The molecule has 17 heavy (non-hydrogen) atoms. The number of nitrogens with two attached hydrogens (primary N) is 2. The number of benzene rings is 1. The Bertz CT molecular complexity index is 442. The lowest BCUT2D eigenvalue weighted by atomic mass is 10.1. The molecular weight excluding hydrogens is 218 g/mol. The van der Waals surface area contributed by atoms with E-state index in [1.165, 1.54) is 13.2 Å². The first-order valence-corrected chi connectivity index (χ1v) is 5.22. The maximum absolute atomic E-state index is 11.1. The average Bonchev–Trinajstić information content (AvgIpc) is 2.30. The van der Waals surface area contributed by atoms with Gasteiger partial charge in [0.1, 0.15) is 11.4 Å². The summed E-state index contributed by atoms with van der Waals surface area (Å²) in [4.78, 5) is 11.1. The Morgan fingerprint density at radius 3 is 2.76 bits per heavy atom. The predicted octanol–water partition coefficient (Wildman–Crippen LogP) is 1.36. The largest absolute Gasteiger partial charge is 0.494 e. The standard InChI is InChI=1S/C12H17N3O2/c1-3-4-5-15-11-9(13)6-8(12(14)16)7-10(11)17-2/h3-4,6-7,15H,5,13H2,1-2H3,(H2,14,16). The number of primary amides is 1. The number of anilines is 2. The number of hydrogen-bond donors (Lipinski definition) is 3. The van der Waals surface area contributed by atoms with Gasteiger partial charge in [0.25, 0.3) is 0 Å². The number of amides is 1. The fourth-order valence-corrected chi connectivity index (χ4v) is 1.41. The Labute approximate surface area is 100 Å². The number of rotatable bonds is 5. The second kappa shape index (κ2) is 5.79. The van der Waals surface area contributed by atoms with Gasteiger partial charge >= 0.3 is 0 Å². The number of nitrogen functional groups attached to an aromatic ring is 1. The summed E-state index contributed by atoms with van der Waals surface area (Å²) in [6.07, 6.45) is 3.87. The average molecular weight is 235 g/mol. The van der Waals surface area contributed by atoms with E-state index in [4.69, 9.17) is 16.2 Å². The minimum Gasteiger partial charge on any atom is -0.494 e. The molecule has 0 aliphatic carbocycles. The molecular formula is C12H17N3O2. The summed E-state index contributed by atoms with van der Waals surface area (Å²) < 4.78 is 5.17. The van der Waals surface area contributed by atoms with Gasteiger partial charge in [-0.05, 0) is 19.1 Å². The third-order valence-corrected chi connectivity index (χ3v) is 2.27. The molecule has 5 nitrogen and oxygen atoms in total. The monoisotopic (exact) mass is 235 g/mol. The smallest absolute Gasteiger partial charge is 0.248 e. The van der Waals surface area contributed by atoms with Crippen LogP contribution in [-0.4, -0.2) is 19.6 Å². The van der Waals surface area contributed by atoms with Gasteiger partial charge in [0.05, 0.1) is 12.8 Å². The maximum Gasteiger partial charge on any atom is 0.248 e. The van der Waals surface area contributed by atoms with Crippen molar-refractivity contribution in [2.75, 3.05) is 24.7 Å². The Balaban J connectivity index is 3.07. The van der Waals surface area contributed by atoms with Crippen LogP contribution in [0.1, 0.15) is 17.3 Å². The molecule has 0 unspecified atom stereocenters. The number of ether oxygens (including phenoxy) is 1. The number of carbonyl (C=O) groups is 1. The highest BCUT2D eigenvalue weighted by atomic mass is 16.5. The highest BCUT2D eigenvalue weighted by Gasteiger charge is 2.11. The Kier molecular flexibility index (Phi) is 4.39. The molecule has 5 N–H and O–H groups in total. The fourth-order valence-electron chi connectivity index (χ4n) is 1.41. The second-order valence-electron chi connectivity index (χ2n) is 3.46. The summed E-state index contributed by atoms with van der Waals surface area (Å²) in [5, 5.41) is 3.11. The number of hydrogen-bond acceptors (Lipinski definition) is 4. The van der Waals surface area contributed by atoms with Crippen molar-refractivity contribution >= 4 is 17.3 Å². The highest BCUT2D eigenvalue weighted by Crippen LogP contribution is 2.32. The molecule has 0 atom stereocenters. The van der Waals surface area contributed by atoms with Gasteiger partial charge in [-0.2, -0.15) is 0 Å². The van der Waals surface area contributed by atoms with E-state index >= 15 is 0 Å². The molecule has 0 spiro atoms. The van der Waals surface area contributed by atoms with Gasteiger partial charge in [-0.1, -0.05) is 12.2 Å². The molecule has 0 radical (unpaired) electrons. The third kappa shape index (κ3) is 3.14. The lowest BCUT2D eigenvalue weighted by Crippen LogP contribution is -2.13. The normalized spacial score (nSPS) is 10.5. The summed E-state index contributed by atoms with van der Waals surface area (Å²) in [6, 6.07) is 3.10. The molecule has 1 aromatic rings. The molecule has 0 saturated heterocycles. The van der Waals surface area contributed by atoms with E-state index in [1.54, 1.807) is 6.07 Å². The molecule has 92 valence electrons. The first-order valence-electron chi connectivity index (χ1n) is 5.22. The molecule has 0 aliphatic rings. The molecule has 1 rings (SSSR count). The quantitative estimate of drug-likeness (QED) is 0.531. The molecule has 0 fully saturated rings. The van der Waals surface area contributed by atoms with Crippen LogP contribution >= 0.6 is 0 Å². The number of methoxy groups -OCH3 is 1. The SMILES string of the molecule is CC=CCNc1c(N)cc(C(N)=O)cc1OC. The molecule has 1 aromatic carbocycles. The van der Waals surface area contributed by atoms with Gasteiger partial charge in [-0.3, -0.25) is 4.79 Å². The summed E-state index contributed by atoms with van der Waals surface area (Å²) in [7, 11) is 1.51. The lowest BCUT2D eigenvalue weighted by Gasteiger charge is -2.13. The van der Waals surface area contributed by atoms with Crippen molar-refractivity contribution in [1.29, 1.82) is 0 Å². The van der Waals surface area contributed by atoms with Crippen molar-refractivity contribution in [3.8, 4) is 5.75 Å². The van der Waals surface area contributed by atoms with Gasteiger partial charge in [0, 0.05) is 12.1 Å². The zero-order chi connectivity index (χ0) is 12.8. The van der Waals surface area contributed by atoms with Gasteiger partial charge in [-0.15, -0.1) is 0 Å². The number of allylic oxidation sites excluding steroid dienone is 1. The Hall–Kier alpha value is -2.17. The Morgan fingerprint density at radius 1 is 1.53 bits per heavy atom. The van der Waals surface area contributed by atoms with Crippen LogP contribution in [0.4, 0.5) is 11.4 Å². The van der Waals surface area contributed by atoms with E-state index in [0.717, 1.165) is 0 Å². The first kappa shape index (κ1) is 12.9. The van der Waals surface area contributed by atoms with Crippen molar-refractivity contribution in [2.24, 2.45) is 5.73 Å². The molecule has 0 aliphatic heterocycles. The van der Waals surface area contributed by atoms with Crippen molar-refractivity contribution in [1.82, 2.24) is 0 Å². The topological polar surface area (TPSA) is 90.4 Å². The van der Waals surface area contributed by atoms with E-state index in [2.05, 4.69) is 5.32 Å². The van der Waals surface area contributed by atoms with Crippen molar-refractivity contribution in [3.05, 3.63) is 29.8 Å². The third-order valence-electron chi connectivity index (χ3n) is 2.27. The zero-order valence-electron chi connectivity index (χ0n) is 9.99. The van der Waals surface area contributed by atoms with Crippen LogP contribution in [0.5, 0.6) is 5.75 Å². The minimum atomic E-state index is -0.532. The van der Waals surface area contributed by atoms with E-state index in [9.17, 15) is 4.79 Å². The van der Waals surface area contributed by atoms with E-state index in [1.807, 2.05) is 19.1 Å².